The van der Waals surface area contributed by atoms with Gasteiger partial charge in [-0.05, 0) is 36.8 Å². The third kappa shape index (κ3) is 3.39. The zero-order valence-electron chi connectivity index (χ0n) is 10.6. The number of benzene rings is 1. The van der Waals surface area contributed by atoms with Crippen molar-refractivity contribution in [3.05, 3.63) is 35.4 Å². The molecule has 17 heavy (non-hydrogen) atoms. The Hall–Kier alpha value is -0.670. The van der Waals surface area contributed by atoms with Crippen molar-refractivity contribution >= 4 is 10.8 Å². The minimum absolute atomic E-state index is 0.628. The Labute approximate surface area is 106 Å². The zero-order valence-corrected chi connectivity index (χ0v) is 11.4. The lowest BCUT2D eigenvalue weighted by Gasteiger charge is -2.37. The highest BCUT2D eigenvalue weighted by Crippen LogP contribution is 2.38. The third-order valence-corrected chi connectivity index (χ3v) is 4.37. The summed E-state index contributed by atoms with van der Waals surface area (Å²) in [6.45, 7) is 3.07. The van der Waals surface area contributed by atoms with E-state index in [2.05, 4.69) is 36.5 Å². The molecule has 1 saturated carbocycles. The lowest BCUT2D eigenvalue weighted by molar-refractivity contribution is 0.295. The standard InChI is InChI=1S/C14H21NOS/c1-11-5-3-4-6-14(11)12-9-13(10-12)15-7-8-17(2)16/h3-6,12-13,15H,7-10H2,1-2H3. The molecule has 1 aliphatic carbocycles. The maximum atomic E-state index is 10.9. The summed E-state index contributed by atoms with van der Waals surface area (Å²) in [4.78, 5) is 0. The van der Waals surface area contributed by atoms with Crippen LogP contribution in [0.3, 0.4) is 0 Å². The first-order chi connectivity index (χ1) is 8.16. The molecule has 0 aromatic heterocycles. The van der Waals surface area contributed by atoms with Crippen molar-refractivity contribution in [1.82, 2.24) is 5.32 Å². The number of nitrogens with one attached hydrogen (secondary N) is 1. The fourth-order valence-corrected chi connectivity index (χ4v) is 2.90. The van der Waals surface area contributed by atoms with Crippen LogP contribution in [0, 0.1) is 6.92 Å². The Balaban J connectivity index is 1.76. The van der Waals surface area contributed by atoms with Gasteiger partial charge < -0.3 is 5.32 Å². The average Bonchev–Trinajstić information content (AvgIpc) is 2.23. The Morgan fingerprint density at radius 1 is 1.35 bits per heavy atom. The normalized spacial score (nSPS) is 25.3. The summed E-state index contributed by atoms with van der Waals surface area (Å²) in [6.07, 6.45) is 4.21. The van der Waals surface area contributed by atoms with Crippen LogP contribution in [0.2, 0.25) is 0 Å². The second-order valence-electron chi connectivity index (χ2n) is 4.95. The van der Waals surface area contributed by atoms with Gasteiger partial charge in [0, 0.05) is 35.4 Å². The Morgan fingerprint density at radius 2 is 2.06 bits per heavy atom. The largest absolute Gasteiger partial charge is 0.313 e. The van der Waals surface area contributed by atoms with Crippen LogP contribution in [0.5, 0.6) is 0 Å². The molecule has 0 aliphatic heterocycles. The molecule has 94 valence electrons. The van der Waals surface area contributed by atoms with Crippen LogP contribution in [0.15, 0.2) is 24.3 Å². The molecule has 2 nitrogen and oxygen atoms in total. The summed E-state index contributed by atoms with van der Waals surface area (Å²) in [5.41, 5.74) is 2.91. The van der Waals surface area contributed by atoms with E-state index in [1.165, 1.54) is 24.0 Å². The minimum atomic E-state index is -0.671. The van der Waals surface area contributed by atoms with Crippen LogP contribution in [0.4, 0.5) is 0 Å². The van der Waals surface area contributed by atoms with E-state index in [1.54, 1.807) is 6.26 Å². The van der Waals surface area contributed by atoms with Crippen LogP contribution in [0.25, 0.3) is 0 Å². The van der Waals surface area contributed by atoms with Crippen molar-refractivity contribution in [1.29, 1.82) is 0 Å². The topological polar surface area (TPSA) is 29.1 Å². The van der Waals surface area contributed by atoms with Gasteiger partial charge in [0.1, 0.15) is 0 Å². The molecule has 0 radical (unpaired) electrons. The van der Waals surface area contributed by atoms with E-state index in [-0.39, 0.29) is 0 Å². The van der Waals surface area contributed by atoms with Crippen LogP contribution in [0.1, 0.15) is 29.9 Å². The van der Waals surface area contributed by atoms with E-state index < -0.39 is 10.8 Å². The molecule has 1 aromatic rings. The fourth-order valence-electron chi connectivity index (χ4n) is 2.49. The second kappa shape index (κ2) is 5.78. The predicted molar refractivity (Wildman–Crippen MR) is 73.9 cm³/mol. The second-order valence-corrected chi connectivity index (χ2v) is 6.51. The molecule has 0 bridgehead atoms. The molecule has 1 atom stereocenters. The molecule has 0 saturated heterocycles. The fraction of sp³-hybridized carbons (Fsp3) is 0.571. The maximum Gasteiger partial charge on any atom is 0.0357 e. The molecule has 1 unspecified atom stereocenters. The van der Waals surface area contributed by atoms with Gasteiger partial charge in [-0.15, -0.1) is 0 Å². The summed E-state index contributed by atoms with van der Waals surface area (Å²) < 4.78 is 10.9. The number of aryl methyl sites for hydroxylation is 1. The molecule has 1 fully saturated rings. The quantitative estimate of drug-likeness (QED) is 0.869. The third-order valence-electron chi connectivity index (χ3n) is 3.59. The van der Waals surface area contributed by atoms with Crippen LogP contribution in [-0.2, 0) is 10.8 Å². The summed E-state index contributed by atoms with van der Waals surface area (Å²) in [5.74, 6) is 1.49. The van der Waals surface area contributed by atoms with E-state index in [1.807, 2.05) is 0 Å². The van der Waals surface area contributed by atoms with Crippen molar-refractivity contribution in [2.24, 2.45) is 0 Å². The molecule has 1 aliphatic rings. The maximum absolute atomic E-state index is 10.9. The highest BCUT2D eigenvalue weighted by molar-refractivity contribution is 7.84. The molecule has 0 spiro atoms. The molecular weight excluding hydrogens is 230 g/mol. The molecule has 3 heteroatoms. The lowest BCUT2D eigenvalue weighted by Crippen LogP contribution is -2.41. The molecule has 0 heterocycles. The highest BCUT2D eigenvalue weighted by Gasteiger charge is 2.30. The van der Waals surface area contributed by atoms with Gasteiger partial charge in [0.05, 0.1) is 0 Å². The predicted octanol–water partition coefficient (Wildman–Crippen LogP) is 2.21. The van der Waals surface area contributed by atoms with Gasteiger partial charge in [-0.25, -0.2) is 0 Å². The van der Waals surface area contributed by atoms with Crippen LogP contribution >= 0.6 is 0 Å². The van der Waals surface area contributed by atoms with E-state index in [0.29, 0.717) is 6.04 Å². The van der Waals surface area contributed by atoms with Gasteiger partial charge in [-0.3, -0.25) is 4.21 Å². The van der Waals surface area contributed by atoms with Gasteiger partial charge in [-0.2, -0.15) is 0 Å². The van der Waals surface area contributed by atoms with Crippen molar-refractivity contribution in [2.45, 2.75) is 31.7 Å². The lowest BCUT2D eigenvalue weighted by atomic mass is 9.74. The van der Waals surface area contributed by atoms with Gasteiger partial charge >= 0.3 is 0 Å². The summed E-state index contributed by atoms with van der Waals surface area (Å²) in [5, 5.41) is 3.48. The van der Waals surface area contributed by atoms with Crippen LogP contribution in [-0.4, -0.2) is 28.8 Å². The molecule has 2 rings (SSSR count). The molecule has 1 N–H and O–H groups in total. The first-order valence-electron chi connectivity index (χ1n) is 6.25. The summed E-state index contributed by atoms with van der Waals surface area (Å²) in [7, 11) is -0.671. The first kappa shape index (κ1) is 12.8. The molecule has 1 aromatic carbocycles. The van der Waals surface area contributed by atoms with E-state index in [0.717, 1.165) is 18.2 Å². The van der Waals surface area contributed by atoms with Gasteiger partial charge in [0.15, 0.2) is 0 Å². The first-order valence-corrected chi connectivity index (χ1v) is 7.98. The Kier molecular flexibility index (Phi) is 4.35. The minimum Gasteiger partial charge on any atom is -0.313 e. The van der Waals surface area contributed by atoms with Gasteiger partial charge in [0.25, 0.3) is 0 Å². The zero-order chi connectivity index (χ0) is 12.3. The van der Waals surface area contributed by atoms with Crippen LogP contribution < -0.4 is 5.32 Å². The van der Waals surface area contributed by atoms with Crippen molar-refractivity contribution in [2.75, 3.05) is 18.6 Å². The van der Waals surface area contributed by atoms with E-state index in [4.69, 9.17) is 0 Å². The van der Waals surface area contributed by atoms with E-state index in [9.17, 15) is 4.21 Å². The summed E-state index contributed by atoms with van der Waals surface area (Å²) >= 11 is 0. The SMILES string of the molecule is Cc1ccccc1C1CC(NCCS(C)=O)C1. The van der Waals surface area contributed by atoms with Gasteiger partial charge in [0.2, 0.25) is 0 Å². The number of rotatable bonds is 5. The smallest absolute Gasteiger partial charge is 0.0357 e. The average molecular weight is 251 g/mol. The molecule has 0 amide bonds. The highest BCUT2D eigenvalue weighted by atomic mass is 32.2. The Morgan fingerprint density at radius 3 is 2.71 bits per heavy atom. The van der Waals surface area contributed by atoms with Gasteiger partial charge in [-0.1, -0.05) is 24.3 Å². The number of hydrogen-bond acceptors (Lipinski definition) is 2. The van der Waals surface area contributed by atoms with Crippen molar-refractivity contribution < 1.29 is 4.21 Å². The Bertz CT molecular complexity index is 399. The van der Waals surface area contributed by atoms with E-state index >= 15 is 0 Å². The monoisotopic (exact) mass is 251 g/mol. The van der Waals surface area contributed by atoms with Crippen molar-refractivity contribution in [3.8, 4) is 0 Å². The number of hydrogen-bond donors (Lipinski definition) is 1. The summed E-state index contributed by atoms with van der Waals surface area (Å²) in [6, 6.07) is 9.30. The molecular formula is C14H21NOS. The van der Waals surface area contributed by atoms with Crippen molar-refractivity contribution in [3.63, 3.8) is 0 Å².